The third-order valence-electron chi connectivity index (χ3n) is 2.75. The van der Waals surface area contributed by atoms with Crippen LogP contribution < -0.4 is 5.56 Å². The number of aromatic hydroxyl groups is 1. The molecule has 0 saturated heterocycles. The second kappa shape index (κ2) is 5.41. The molecule has 124 valence electrons. The monoisotopic (exact) mass is 356 g/mol. The minimum absolute atomic E-state index is 0.0677. The molecule has 1 heterocycles. The van der Waals surface area contributed by atoms with Crippen LogP contribution in [-0.4, -0.2) is 14.7 Å². The molecule has 0 aliphatic carbocycles. The summed E-state index contributed by atoms with van der Waals surface area (Å²) in [6, 6.07) is 1.22. The average molecular weight is 356 g/mol. The zero-order valence-electron chi connectivity index (χ0n) is 10.8. The first kappa shape index (κ1) is 17.1. The average Bonchev–Trinajstić information content (AvgIpc) is 2.35. The molecule has 1 aromatic heterocycles. The number of aromatic amines is 1. The summed E-state index contributed by atoms with van der Waals surface area (Å²) < 4.78 is 76.6. The molecule has 0 aliphatic rings. The first-order valence-electron chi connectivity index (χ1n) is 5.75. The number of alkyl halides is 6. The van der Waals surface area contributed by atoms with Crippen molar-refractivity contribution >= 4 is 12.2 Å². The highest BCUT2D eigenvalue weighted by Crippen LogP contribution is 2.36. The van der Waals surface area contributed by atoms with Crippen LogP contribution in [0.2, 0.25) is 0 Å². The molecule has 0 saturated carbocycles. The van der Waals surface area contributed by atoms with Crippen LogP contribution in [-0.2, 0) is 12.4 Å². The molecule has 0 aliphatic heterocycles. The van der Waals surface area contributed by atoms with E-state index in [-0.39, 0.29) is 6.07 Å². The number of aromatic nitrogens is 2. The first-order valence-corrected chi connectivity index (χ1v) is 6.15. The topological polar surface area (TPSA) is 58.0 Å². The van der Waals surface area contributed by atoms with Crippen molar-refractivity contribution < 1.29 is 31.4 Å². The van der Waals surface area contributed by atoms with E-state index in [2.05, 4.69) is 17.2 Å². The molecule has 4 nitrogen and oxygen atoms in total. The van der Waals surface area contributed by atoms with Crippen molar-refractivity contribution in [2.45, 2.75) is 12.4 Å². The van der Waals surface area contributed by atoms with Crippen molar-refractivity contribution in [1.82, 2.24) is 9.55 Å². The smallest absolute Gasteiger partial charge is 0.416 e. The Balaban J connectivity index is 2.83. The van der Waals surface area contributed by atoms with Crippen LogP contribution in [0.1, 0.15) is 11.1 Å². The number of H-pyrrole nitrogens is 1. The minimum Gasteiger partial charge on any atom is -0.494 e. The molecule has 0 atom stereocenters. The molecule has 0 amide bonds. The van der Waals surface area contributed by atoms with Crippen LogP contribution in [0.5, 0.6) is 5.88 Å². The number of hydrogen-bond donors (Lipinski definition) is 2. The molecule has 1 aromatic carbocycles. The number of hydrogen-bond acceptors (Lipinski definition) is 3. The Hall–Kier alpha value is -2.30. The first-order chi connectivity index (χ1) is 10.4. The van der Waals surface area contributed by atoms with Crippen molar-refractivity contribution in [2.24, 2.45) is 0 Å². The molecule has 0 radical (unpaired) electrons. The maximum absolute atomic E-state index is 12.8. The van der Waals surface area contributed by atoms with Gasteiger partial charge in [0, 0.05) is 0 Å². The van der Waals surface area contributed by atoms with Crippen LogP contribution in [0.25, 0.3) is 5.69 Å². The third kappa shape index (κ3) is 3.55. The van der Waals surface area contributed by atoms with Gasteiger partial charge in [0.15, 0.2) is 10.7 Å². The summed E-state index contributed by atoms with van der Waals surface area (Å²) in [5.74, 6) is -0.667. The zero-order valence-corrected chi connectivity index (χ0v) is 11.6. The second-order valence-corrected chi connectivity index (χ2v) is 4.78. The molecular formula is C12H6F6N2O2S. The normalized spacial score (nSPS) is 12.4. The van der Waals surface area contributed by atoms with E-state index in [4.69, 9.17) is 5.11 Å². The van der Waals surface area contributed by atoms with Gasteiger partial charge in [-0.15, -0.1) is 0 Å². The molecule has 2 aromatic rings. The highest BCUT2D eigenvalue weighted by atomic mass is 32.1. The standard InChI is InChI=1S/C12H6F6N2O2S/c13-11(14,15)5-1-6(12(16,17)18)3-7(2-5)20-9(22)4-8(21)19-10(20)23/h1-4,21H,(H,19,23). The fourth-order valence-electron chi connectivity index (χ4n) is 1.80. The largest absolute Gasteiger partial charge is 0.494 e. The van der Waals surface area contributed by atoms with Gasteiger partial charge < -0.3 is 10.1 Å². The van der Waals surface area contributed by atoms with Crippen LogP contribution in [0, 0.1) is 4.77 Å². The fraction of sp³-hybridized carbons (Fsp3) is 0.167. The van der Waals surface area contributed by atoms with Crippen LogP contribution in [0.15, 0.2) is 29.1 Å². The lowest BCUT2D eigenvalue weighted by Crippen LogP contribution is -2.21. The summed E-state index contributed by atoms with van der Waals surface area (Å²) in [7, 11) is 0. The van der Waals surface area contributed by atoms with E-state index in [0.717, 1.165) is 0 Å². The summed E-state index contributed by atoms with van der Waals surface area (Å²) in [5, 5.41) is 9.14. The lowest BCUT2D eigenvalue weighted by atomic mass is 10.1. The number of halogens is 6. The molecule has 2 rings (SSSR count). The van der Waals surface area contributed by atoms with Crippen LogP contribution in [0.3, 0.4) is 0 Å². The van der Waals surface area contributed by atoms with Gasteiger partial charge in [-0.3, -0.25) is 9.36 Å². The Bertz CT molecular complexity index is 802. The number of nitrogens with one attached hydrogen (secondary N) is 1. The fourth-order valence-corrected chi connectivity index (χ4v) is 2.10. The number of nitrogens with zero attached hydrogens (tertiary/aromatic N) is 1. The molecular weight excluding hydrogens is 350 g/mol. The minimum atomic E-state index is -5.05. The predicted octanol–water partition coefficient (Wildman–Crippen LogP) is 3.64. The molecule has 0 spiro atoms. The molecule has 0 bridgehead atoms. The summed E-state index contributed by atoms with van der Waals surface area (Å²) in [5.41, 5.74) is -4.98. The summed E-state index contributed by atoms with van der Waals surface area (Å²) in [6.07, 6.45) is -10.1. The van der Waals surface area contributed by atoms with Gasteiger partial charge in [-0.25, -0.2) is 0 Å². The summed E-state index contributed by atoms with van der Waals surface area (Å²) in [6.45, 7) is 0. The van der Waals surface area contributed by atoms with E-state index in [9.17, 15) is 31.1 Å². The van der Waals surface area contributed by atoms with Gasteiger partial charge in [0.05, 0.1) is 22.9 Å². The van der Waals surface area contributed by atoms with E-state index in [1.54, 1.807) is 0 Å². The van der Waals surface area contributed by atoms with E-state index >= 15 is 0 Å². The Kier molecular flexibility index (Phi) is 4.01. The van der Waals surface area contributed by atoms with Gasteiger partial charge in [-0.1, -0.05) is 0 Å². The predicted molar refractivity (Wildman–Crippen MR) is 68.9 cm³/mol. The summed E-state index contributed by atoms with van der Waals surface area (Å²) >= 11 is 4.67. The second-order valence-electron chi connectivity index (χ2n) is 4.40. The van der Waals surface area contributed by atoms with Gasteiger partial charge in [0.1, 0.15) is 0 Å². The molecule has 11 heteroatoms. The lowest BCUT2D eigenvalue weighted by molar-refractivity contribution is -0.143. The maximum atomic E-state index is 12.8. The SMILES string of the molecule is O=c1cc(O)[nH]c(=S)n1-c1cc(C(F)(F)F)cc(C(F)(F)F)c1. The van der Waals surface area contributed by atoms with Crippen LogP contribution >= 0.6 is 12.2 Å². The van der Waals surface area contributed by atoms with E-state index < -0.39 is 45.4 Å². The van der Waals surface area contributed by atoms with Crippen LogP contribution in [0.4, 0.5) is 26.3 Å². The Morgan fingerprint density at radius 2 is 1.43 bits per heavy atom. The highest BCUT2D eigenvalue weighted by molar-refractivity contribution is 7.71. The van der Waals surface area contributed by atoms with Crippen molar-refractivity contribution in [3.8, 4) is 11.6 Å². The number of benzene rings is 1. The van der Waals surface area contributed by atoms with Crippen molar-refractivity contribution in [2.75, 3.05) is 0 Å². The third-order valence-corrected chi connectivity index (χ3v) is 3.03. The Morgan fingerprint density at radius 1 is 0.957 bits per heavy atom. The van der Waals surface area contributed by atoms with Gasteiger partial charge in [0.25, 0.3) is 5.56 Å². The Morgan fingerprint density at radius 3 is 1.83 bits per heavy atom. The van der Waals surface area contributed by atoms with Crippen molar-refractivity contribution in [3.05, 3.63) is 50.5 Å². The van der Waals surface area contributed by atoms with E-state index in [0.29, 0.717) is 22.8 Å². The van der Waals surface area contributed by atoms with Gasteiger partial charge in [-0.2, -0.15) is 26.3 Å². The van der Waals surface area contributed by atoms with Crippen molar-refractivity contribution in [3.63, 3.8) is 0 Å². The van der Waals surface area contributed by atoms with E-state index in [1.807, 2.05) is 0 Å². The quantitative estimate of drug-likeness (QED) is 0.606. The molecule has 23 heavy (non-hydrogen) atoms. The van der Waals surface area contributed by atoms with Crippen molar-refractivity contribution in [1.29, 1.82) is 0 Å². The molecule has 0 unspecified atom stereocenters. The lowest BCUT2D eigenvalue weighted by Gasteiger charge is -2.15. The highest BCUT2D eigenvalue weighted by Gasteiger charge is 2.37. The summed E-state index contributed by atoms with van der Waals surface area (Å²) in [4.78, 5) is 13.8. The van der Waals surface area contributed by atoms with Gasteiger partial charge >= 0.3 is 12.4 Å². The number of rotatable bonds is 1. The maximum Gasteiger partial charge on any atom is 0.416 e. The van der Waals surface area contributed by atoms with Gasteiger partial charge in [0.2, 0.25) is 0 Å². The molecule has 2 N–H and O–H groups in total. The Labute approximate surface area is 128 Å². The van der Waals surface area contributed by atoms with E-state index in [1.165, 1.54) is 0 Å². The van der Waals surface area contributed by atoms with Gasteiger partial charge in [-0.05, 0) is 30.4 Å². The molecule has 0 fully saturated rings. The zero-order chi connectivity index (χ0) is 17.6.